The molecule has 3 aliphatic rings. The third kappa shape index (κ3) is 5.46. The Kier molecular flexibility index (Phi) is 6.97. The monoisotopic (exact) mass is 578 g/mol. The second-order valence-electron chi connectivity index (χ2n) is 11.9. The third-order valence-electron chi connectivity index (χ3n) is 8.94. The number of nitrogens with zero attached hydrogens (tertiary/aromatic N) is 7. The summed E-state index contributed by atoms with van der Waals surface area (Å²) in [4.78, 5) is 14.7. The maximum atomic E-state index is 5.62. The second kappa shape index (κ2) is 11.3. The lowest BCUT2D eigenvalue weighted by Gasteiger charge is -2.27. The van der Waals surface area contributed by atoms with Crippen molar-refractivity contribution in [3.05, 3.63) is 60.4 Å². The van der Waals surface area contributed by atoms with Gasteiger partial charge in [-0.25, -0.2) is 4.98 Å². The lowest BCUT2D eigenvalue weighted by molar-refractivity contribution is 0.0383. The van der Waals surface area contributed by atoms with Crippen molar-refractivity contribution in [2.45, 2.75) is 25.3 Å². The van der Waals surface area contributed by atoms with Crippen molar-refractivity contribution < 1.29 is 9.47 Å². The lowest BCUT2D eigenvalue weighted by Crippen LogP contribution is -2.37. The summed E-state index contributed by atoms with van der Waals surface area (Å²) in [5.41, 5.74) is 6.48. The molecule has 10 heteroatoms. The van der Waals surface area contributed by atoms with Crippen LogP contribution in [-0.2, 0) is 22.9 Å². The van der Waals surface area contributed by atoms with E-state index in [4.69, 9.17) is 24.5 Å². The number of aromatic nitrogens is 5. The minimum absolute atomic E-state index is 0.633. The average molecular weight is 579 g/mol. The Morgan fingerprint density at radius 2 is 1.67 bits per heavy atom. The minimum atomic E-state index is 0.633. The molecule has 10 nitrogen and oxygen atoms in total. The predicted octanol–water partition coefficient (Wildman–Crippen LogP) is 4.77. The van der Waals surface area contributed by atoms with Gasteiger partial charge in [0.15, 0.2) is 0 Å². The van der Waals surface area contributed by atoms with E-state index < -0.39 is 0 Å². The van der Waals surface area contributed by atoms with Crippen LogP contribution in [0.5, 0.6) is 0 Å². The highest BCUT2D eigenvalue weighted by Crippen LogP contribution is 2.38. The van der Waals surface area contributed by atoms with Crippen LogP contribution in [-0.4, -0.2) is 88.4 Å². The first-order valence-corrected chi connectivity index (χ1v) is 15.5. The van der Waals surface area contributed by atoms with Gasteiger partial charge in [0.05, 0.1) is 48.8 Å². The Morgan fingerprint density at radius 3 is 2.49 bits per heavy atom. The zero-order chi connectivity index (χ0) is 28.8. The molecule has 3 fully saturated rings. The van der Waals surface area contributed by atoms with Gasteiger partial charge in [0.2, 0.25) is 5.95 Å². The van der Waals surface area contributed by atoms with Crippen LogP contribution >= 0.6 is 0 Å². The van der Waals surface area contributed by atoms with Crippen LogP contribution in [0.25, 0.3) is 33.1 Å². The number of benzene rings is 2. The van der Waals surface area contributed by atoms with Gasteiger partial charge in [0, 0.05) is 81.1 Å². The Balaban J connectivity index is 1.12. The van der Waals surface area contributed by atoms with Crippen LogP contribution in [0, 0.1) is 0 Å². The average Bonchev–Trinajstić information content (AvgIpc) is 3.73. The molecule has 0 spiro atoms. The van der Waals surface area contributed by atoms with Crippen LogP contribution in [0.1, 0.15) is 24.6 Å². The Hall–Kier alpha value is -3.99. The van der Waals surface area contributed by atoms with Crippen LogP contribution in [0.3, 0.4) is 0 Å². The molecule has 0 radical (unpaired) electrons. The van der Waals surface area contributed by atoms with Crippen molar-refractivity contribution in [2.24, 2.45) is 7.05 Å². The van der Waals surface area contributed by atoms with Crippen molar-refractivity contribution in [3.8, 4) is 11.3 Å². The van der Waals surface area contributed by atoms with Gasteiger partial charge in [-0.1, -0.05) is 18.2 Å². The molecule has 222 valence electrons. The topological polar surface area (TPSA) is 85.5 Å². The Morgan fingerprint density at radius 1 is 0.860 bits per heavy atom. The first kappa shape index (κ1) is 26.6. The molecule has 0 unspecified atom stereocenters. The number of hydrogen-bond donors (Lipinski definition) is 1. The molecular weight excluding hydrogens is 540 g/mol. The van der Waals surface area contributed by atoms with E-state index in [0.29, 0.717) is 19.3 Å². The number of hydrogen-bond acceptors (Lipinski definition) is 8. The lowest BCUT2D eigenvalue weighted by atomic mass is 10.1. The summed E-state index contributed by atoms with van der Waals surface area (Å²) in [6, 6.07) is 18.1. The van der Waals surface area contributed by atoms with Crippen molar-refractivity contribution in [1.82, 2.24) is 29.2 Å². The number of rotatable bonds is 8. The van der Waals surface area contributed by atoms with Crippen LogP contribution in [0.15, 0.2) is 54.7 Å². The number of aryl methyl sites for hydroxylation is 1. The SMILES string of the molecule is Cn1nc(CCN2CCOCC2)c2ccc(-c3cc(Nc4ccc5ccn(C6CC6)c5c4)nc(N4CCOCC4)n3)cc21. The van der Waals surface area contributed by atoms with E-state index in [0.717, 1.165) is 92.3 Å². The fourth-order valence-electron chi connectivity index (χ4n) is 6.36. The number of morpholine rings is 2. The molecule has 5 aromatic rings. The quantitative estimate of drug-likeness (QED) is 0.282. The summed E-state index contributed by atoms with van der Waals surface area (Å²) in [6.45, 7) is 7.52. The van der Waals surface area contributed by atoms with Crippen LogP contribution in [0.4, 0.5) is 17.5 Å². The van der Waals surface area contributed by atoms with E-state index >= 15 is 0 Å². The van der Waals surface area contributed by atoms with Crippen molar-refractivity contribution >= 4 is 39.3 Å². The highest BCUT2D eigenvalue weighted by Gasteiger charge is 2.24. The van der Waals surface area contributed by atoms with Gasteiger partial charge < -0.3 is 24.3 Å². The molecule has 0 atom stereocenters. The molecule has 1 saturated carbocycles. The van der Waals surface area contributed by atoms with Gasteiger partial charge in [0.1, 0.15) is 5.82 Å². The first-order valence-electron chi connectivity index (χ1n) is 15.5. The fourth-order valence-corrected chi connectivity index (χ4v) is 6.36. The molecule has 5 heterocycles. The van der Waals surface area contributed by atoms with E-state index in [-0.39, 0.29) is 0 Å². The van der Waals surface area contributed by atoms with Crippen LogP contribution in [0.2, 0.25) is 0 Å². The van der Waals surface area contributed by atoms with E-state index in [1.165, 1.54) is 29.1 Å². The standard InChI is InChI=1S/C33H38N8O2/c1-38-31-20-24(3-7-27(31)28(37-38)9-10-39-12-16-42-17-13-39)29-22-32(36-33(35-29)40-14-18-43-19-15-40)34-25-4-2-23-8-11-41(26-5-6-26)30(23)21-25/h2-4,7-8,11,20-22,26H,5-6,9-10,12-19H2,1H3,(H,34,35,36). The molecule has 43 heavy (non-hydrogen) atoms. The molecule has 0 bridgehead atoms. The van der Waals surface area contributed by atoms with Gasteiger partial charge in [-0.05, 0) is 42.5 Å². The summed E-state index contributed by atoms with van der Waals surface area (Å²) in [5.74, 6) is 1.51. The highest BCUT2D eigenvalue weighted by atomic mass is 16.5. The van der Waals surface area contributed by atoms with Gasteiger partial charge in [-0.15, -0.1) is 0 Å². The fraction of sp³-hybridized carbons (Fsp3) is 0.424. The van der Waals surface area contributed by atoms with Gasteiger partial charge in [-0.2, -0.15) is 10.1 Å². The Labute approximate surface area is 251 Å². The maximum Gasteiger partial charge on any atom is 0.228 e. The third-order valence-corrected chi connectivity index (χ3v) is 8.94. The number of nitrogens with one attached hydrogen (secondary N) is 1. The zero-order valence-corrected chi connectivity index (χ0v) is 24.7. The molecule has 3 aromatic heterocycles. The summed E-state index contributed by atoms with van der Waals surface area (Å²) in [6.07, 6.45) is 5.66. The molecule has 8 rings (SSSR count). The van der Waals surface area contributed by atoms with Crippen LogP contribution < -0.4 is 10.2 Å². The number of fused-ring (bicyclic) bond motifs is 2. The number of anilines is 3. The first-order chi connectivity index (χ1) is 21.2. The number of ether oxygens (including phenoxy) is 2. The van der Waals surface area contributed by atoms with E-state index in [1.54, 1.807) is 0 Å². The summed E-state index contributed by atoms with van der Waals surface area (Å²) in [7, 11) is 2.03. The van der Waals surface area contributed by atoms with Crippen molar-refractivity contribution in [2.75, 3.05) is 69.4 Å². The van der Waals surface area contributed by atoms with Gasteiger partial charge >= 0.3 is 0 Å². The second-order valence-corrected chi connectivity index (χ2v) is 11.9. The molecule has 2 aromatic carbocycles. The summed E-state index contributed by atoms with van der Waals surface area (Å²) < 4.78 is 15.5. The molecule has 0 amide bonds. The Bertz CT molecular complexity index is 1760. The van der Waals surface area contributed by atoms with Gasteiger partial charge in [0.25, 0.3) is 0 Å². The van der Waals surface area contributed by atoms with Crippen molar-refractivity contribution in [3.63, 3.8) is 0 Å². The molecule has 1 aliphatic carbocycles. The van der Waals surface area contributed by atoms with Crippen molar-refractivity contribution in [1.29, 1.82) is 0 Å². The zero-order valence-electron chi connectivity index (χ0n) is 24.7. The highest BCUT2D eigenvalue weighted by molar-refractivity contribution is 5.87. The summed E-state index contributed by atoms with van der Waals surface area (Å²) in [5, 5.41) is 11.0. The normalized spacial score (nSPS) is 18.1. The minimum Gasteiger partial charge on any atom is -0.379 e. The smallest absolute Gasteiger partial charge is 0.228 e. The summed E-state index contributed by atoms with van der Waals surface area (Å²) >= 11 is 0. The largest absolute Gasteiger partial charge is 0.379 e. The maximum absolute atomic E-state index is 5.62. The molecule has 2 saturated heterocycles. The van der Waals surface area contributed by atoms with Gasteiger partial charge in [-0.3, -0.25) is 9.58 Å². The molecular formula is C33H38N8O2. The van der Waals surface area contributed by atoms with E-state index in [9.17, 15) is 0 Å². The molecule has 2 aliphatic heterocycles. The predicted molar refractivity (Wildman–Crippen MR) is 169 cm³/mol. The van der Waals surface area contributed by atoms with E-state index in [2.05, 4.69) is 74.4 Å². The van der Waals surface area contributed by atoms with E-state index in [1.807, 2.05) is 11.7 Å². The molecule has 1 N–H and O–H groups in total.